The lowest BCUT2D eigenvalue weighted by Gasteiger charge is -2.16. The molecule has 0 saturated heterocycles. The molecule has 0 aliphatic heterocycles. The summed E-state index contributed by atoms with van der Waals surface area (Å²) >= 11 is 1.41. The van der Waals surface area contributed by atoms with Gasteiger partial charge in [-0.1, -0.05) is 0 Å². The zero-order valence-corrected chi connectivity index (χ0v) is 8.56. The SMILES string of the molecule is Cc1cc2c(s1)C(=O)C(C(=O)O)CC2. The van der Waals surface area contributed by atoms with E-state index in [2.05, 4.69) is 0 Å². The van der Waals surface area contributed by atoms with E-state index in [4.69, 9.17) is 5.11 Å². The lowest BCUT2D eigenvalue weighted by molar-refractivity contribution is -0.140. The van der Waals surface area contributed by atoms with Gasteiger partial charge in [0.15, 0.2) is 5.78 Å². The summed E-state index contributed by atoms with van der Waals surface area (Å²) in [5.41, 5.74) is 1.02. The fourth-order valence-corrected chi connectivity index (χ4v) is 2.84. The molecule has 14 heavy (non-hydrogen) atoms. The van der Waals surface area contributed by atoms with Crippen molar-refractivity contribution in [2.75, 3.05) is 0 Å². The summed E-state index contributed by atoms with van der Waals surface area (Å²) in [6, 6.07) is 1.98. The number of rotatable bonds is 1. The standard InChI is InChI=1S/C10H10O3S/c1-5-4-6-2-3-7(10(12)13)8(11)9(6)14-5/h4,7H,2-3H2,1H3,(H,12,13). The fraction of sp³-hybridized carbons (Fsp3) is 0.400. The van der Waals surface area contributed by atoms with Crippen molar-refractivity contribution in [1.29, 1.82) is 0 Å². The lowest BCUT2D eigenvalue weighted by atomic mass is 9.88. The van der Waals surface area contributed by atoms with Gasteiger partial charge < -0.3 is 5.11 Å². The molecule has 2 rings (SSSR count). The average molecular weight is 210 g/mol. The monoisotopic (exact) mass is 210 g/mol. The highest BCUT2D eigenvalue weighted by Gasteiger charge is 2.33. The Bertz CT molecular complexity index is 405. The van der Waals surface area contributed by atoms with Crippen molar-refractivity contribution in [3.8, 4) is 0 Å². The van der Waals surface area contributed by atoms with Crippen LogP contribution in [0.4, 0.5) is 0 Å². The fourth-order valence-electron chi connectivity index (χ4n) is 1.79. The van der Waals surface area contributed by atoms with E-state index < -0.39 is 11.9 Å². The molecule has 0 bridgehead atoms. The first-order valence-electron chi connectivity index (χ1n) is 4.46. The molecule has 0 amide bonds. The normalized spacial score (nSPS) is 20.6. The van der Waals surface area contributed by atoms with Gasteiger partial charge in [0.25, 0.3) is 0 Å². The van der Waals surface area contributed by atoms with E-state index >= 15 is 0 Å². The van der Waals surface area contributed by atoms with E-state index in [1.807, 2.05) is 13.0 Å². The first kappa shape index (κ1) is 9.40. The van der Waals surface area contributed by atoms with Crippen LogP contribution in [-0.2, 0) is 11.2 Å². The van der Waals surface area contributed by atoms with Gasteiger partial charge in [-0.3, -0.25) is 9.59 Å². The molecular weight excluding hydrogens is 200 g/mol. The highest BCUT2D eigenvalue weighted by atomic mass is 32.1. The Morgan fingerprint density at radius 1 is 1.64 bits per heavy atom. The summed E-state index contributed by atoms with van der Waals surface area (Å²) < 4.78 is 0. The van der Waals surface area contributed by atoms with Gasteiger partial charge in [0, 0.05) is 4.88 Å². The minimum Gasteiger partial charge on any atom is -0.481 e. The van der Waals surface area contributed by atoms with Crippen LogP contribution in [0.5, 0.6) is 0 Å². The van der Waals surface area contributed by atoms with Crippen LogP contribution in [0.25, 0.3) is 0 Å². The van der Waals surface area contributed by atoms with Crippen molar-refractivity contribution < 1.29 is 14.7 Å². The summed E-state index contributed by atoms with van der Waals surface area (Å²) in [5.74, 6) is -2.02. The molecule has 74 valence electrons. The molecule has 1 aromatic rings. The van der Waals surface area contributed by atoms with Crippen molar-refractivity contribution in [3.63, 3.8) is 0 Å². The van der Waals surface area contributed by atoms with E-state index in [-0.39, 0.29) is 5.78 Å². The maximum Gasteiger partial charge on any atom is 0.314 e. The Labute approximate surface area is 85.4 Å². The number of carboxylic acid groups (broad SMARTS) is 1. The number of thiophene rings is 1. The Hall–Kier alpha value is -1.16. The number of aliphatic carboxylic acids is 1. The van der Waals surface area contributed by atoms with Gasteiger partial charge in [-0.25, -0.2) is 0 Å². The van der Waals surface area contributed by atoms with E-state index in [1.165, 1.54) is 11.3 Å². The maximum absolute atomic E-state index is 11.7. The molecule has 0 saturated carbocycles. The smallest absolute Gasteiger partial charge is 0.314 e. The van der Waals surface area contributed by atoms with Crippen LogP contribution >= 0.6 is 11.3 Å². The van der Waals surface area contributed by atoms with Crippen LogP contribution in [0.1, 0.15) is 26.5 Å². The van der Waals surface area contributed by atoms with Crippen LogP contribution in [-0.4, -0.2) is 16.9 Å². The van der Waals surface area contributed by atoms with Gasteiger partial charge in [-0.05, 0) is 31.4 Å². The molecule has 0 radical (unpaired) electrons. The Morgan fingerprint density at radius 2 is 2.36 bits per heavy atom. The van der Waals surface area contributed by atoms with Gasteiger partial charge in [-0.15, -0.1) is 11.3 Å². The molecule has 0 fully saturated rings. The topological polar surface area (TPSA) is 54.4 Å². The number of fused-ring (bicyclic) bond motifs is 1. The van der Waals surface area contributed by atoms with Crippen molar-refractivity contribution in [1.82, 2.24) is 0 Å². The Kier molecular flexibility index (Phi) is 2.15. The second-order valence-corrected chi connectivity index (χ2v) is 4.76. The number of carboxylic acids is 1. The molecule has 1 N–H and O–H groups in total. The first-order valence-corrected chi connectivity index (χ1v) is 5.27. The van der Waals surface area contributed by atoms with E-state index in [9.17, 15) is 9.59 Å². The molecule has 4 heteroatoms. The third kappa shape index (κ3) is 1.35. The molecule has 1 atom stereocenters. The highest BCUT2D eigenvalue weighted by Crippen LogP contribution is 2.32. The summed E-state index contributed by atoms with van der Waals surface area (Å²) in [5, 5.41) is 8.82. The van der Waals surface area contributed by atoms with E-state index in [0.717, 1.165) is 10.4 Å². The molecule has 1 aliphatic rings. The minimum atomic E-state index is -0.994. The molecule has 0 aromatic carbocycles. The minimum absolute atomic E-state index is 0.211. The van der Waals surface area contributed by atoms with Crippen LogP contribution in [0.15, 0.2) is 6.07 Å². The van der Waals surface area contributed by atoms with Gasteiger partial charge in [0.05, 0.1) is 4.88 Å². The molecule has 1 heterocycles. The van der Waals surface area contributed by atoms with Gasteiger partial charge in [-0.2, -0.15) is 0 Å². The summed E-state index contributed by atoms with van der Waals surface area (Å²) in [6.45, 7) is 1.94. The predicted molar refractivity (Wildman–Crippen MR) is 52.8 cm³/mol. The van der Waals surface area contributed by atoms with Crippen LogP contribution in [0.3, 0.4) is 0 Å². The predicted octanol–water partition coefficient (Wildman–Crippen LogP) is 1.89. The number of aryl methyl sites for hydroxylation is 2. The Morgan fingerprint density at radius 3 is 3.00 bits per heavy atom. The number of carbonyl (C=O) groups excluding carboxylic acids is 1. The zero-order chi connectivity index (χ0) is 10.3. The number of Topliss-reactive ketones (excluding diaryl/α,β-unsaturated/α-hetero) is 1. The Balaban J connectivity index is 2.40. The molecule has 1 aromatic heterocycles. The lowest BCUT2D eigenvalue weighted by Crippen LogP contribution is -2.27. The maximum atomic E-state index is 11.7. The number of hydrogen-bond acceptors (Lipinski definition) is 3. The van der Waals surface area contributed by atoms with E-state index in [1.54, 1.807) is 0 Å². The third-order valence-corrected chi connectivity index (χ3v) is 3.58. The number of ketones is 1. The van der Waals surface area contributed by atoms with E-state index in [0.29, 0.717) is 17.7 Å². The highest BCUT2D eigenvalue weighted by molar-refractivity contribution is 7.14. The van der Waals surface area contributed by atoms with Crippen molar-refractivity contribution in [2.45, 2.75) is 19.8 Å². The number of hydrogen-bond donors (Lipinski definition) is 1. The summed E-state index contributed by atoms with van der Waals surface area (Å²) in [6.07, 6.45) is 1.15. The van der Waals surface area contributed by atoms with Crippen molar-refractivity contribution in [2.24, 2.45) is 5.92 Å². The average Bonchev–Trinajstić information content (AvgIpc) is 2.46. The second kappa shape index (κ2) is 3.20. The zero-order valence-electron chi connectivity index (χ0n) is 7.74. The van der Waals surface area contributed by atoms with Gasteiger partial charge in [0.2, 0.25) is 0 Å². The largest absolute Gasteiger partial charge is 0.481 e. The molecule has 0 spiro atoms. The van der Waals surface area contributed by atoms with Crippen LogP contribution < -0.4 is 0 Å². The molecule has 1 aliphatic carbocycles. The molecular formula is C10H10O3S. The second-order valence-electron chi connectivity index (χ2n) is 3.51. The quantitative estimate of drug-likeness (QED) is 0.720. The first-order chi connectivity index (χ1) is 6.59. The molecule has 3 nitrogen and oxygen atoms in total. The van der Waals surface area contributed by atoms with Crippen molar-refractivity contribution in [3.05, 3.63) is 21.4 Å². The summed E-state index contributed by atoms with van der Waals surface area (Å²) in [7, 11) is 0. The third-order valence-electron chi connectivity index (χ3n) is 2.47. The molecule has 1 unspecified atom stereocenters. The van der Waals surface area contributed by atoms with Crippen LogP contribution in [0, 0.1) is 12.8 Å². The number of carbonyl (C=O) groups is 2. The van der Waals surface area contributed by atoms with Crippen molar-refractivity contribution >= 4 is 23.1 Å². The van der Waals surface area contributed by atoms with Gasteiger partial charge >= 0.3 is 5.97 Å². The van der Waals surface area contributed by atoms with Gasteiger partial charge in [0.1, 0.15) is 5.92 Å². The summed E-state index contributed by atoms with van der Waals surface area (Å²) in [4.78, 5) is 24.2. The van der Waals surface area contributed by atoms with Crippen LogP contribution in [0.2, 0.25) is 0 Å².